The molecule has 0 fully saturated rings. The Balaban J connectivity index is 2.17. The highest BCUT2D eigenvalue weighted by Gasteiger charge is 2.00. The molecule has 4 nitrogen and oxygen atoms in total. The molecule has 0 aliphatic carbocycles. The van der Waals surface area contributed by atoms with Gasteiger partial charge in [0.2, 0.25) is 0 Å². The van der Waals surface area contributed by atoms with Crippen LogP contribution in [0.15, 0.2) is 30.3 Å². The lowest BCUT2D eigenvalue weighted by Crippen LogP contribution is -2.32. The molecule has 0 spiro atoms. The molecule has 0 heterocycles. The number of benzene rings is 1. The van der Waals surface area contributed by atoms with Gasteiger partial charge in [-0.3, -0.25) is 0 Å². The first-order valence-electron chi connectivity index (χ1n) is 5.40. The van der Waals surface area contributed by atoms with Crippen LogP contribution in [-0.4, -0.2) is 25.3 Å². The Hall–Kier alpha value is -1.55. The first-order valence-corrected chi connectivity index (χ1v) is 5.40. The van der Waals surface area contributed by atoms with Crippen molar-refractivity contribution in [3.8, 4) is 0 Å². The van der Waals surface area contributed by atoms with Crippen molar-refractivity contribution in [2.75, 3.05) is 18.5 Å². The summed E-state index contributed by atoms with van der Waals surface area (Å²) < 4.78 is 5.30. The molecule has 2 N–H and O–H groups in total. The average molecular weight is 222 g/mol. The van der Waals surface area contributed by atoms with Crippen LogP contribution in [0.5, 0.6) is 0 Å². The van der Waals surface area contributed by atoms with Crippen LogP contribution < -0.4 is 10.6 Å². The zero-order valence-corrected chi connectivity index (χ0v) is 9.69. The summed E-state index contributed by atoms with van der Waals surface area (Å²) in [5.74, 6) is 0. The lowest BCUT2D eigenvalue weighted by Gasteiger charge is -2.09. The third-order valence-electron chi connectivity index (χ3n) is 1.87. The number of hydrogen-bond donors (Lipinski definition) is 2. The Morgan fingerprint density at radius 2 is 2.00 bits per heavy atom. The highest BCUT2D eigenvalue weighted by atomic mass is 16.5. The van der Waals surface area contributed by atoms with Crippen LogP contribution in [0.3, 0.4) is 0 Å². The number of amides is 2. The van der Waals surface area contributed by atoms with E-state index in [0.29, 0.717) is 13.2 Å². The van der Waals surface area contributed by atoms with Crippen molar-refractivity contribution in [3.63, 3.8) is 0 Å². The minimum absolute atomic E-state index is 0.194. The SMILES string of the molecule is CC(C)OCCNC(=O)Nc1ccccc1. The van der Waals surface area contributed by atoms with Gasteiger partial charge in [0.05, 0.1) is 12.7 Å². The van der Waals surface area contributed by atoms with Gasteiger partial charge in [-0.15, -0.1) is 0 Å². The van der Waals surface area contributed by atoms with E-state index in [2.05, 4.69) is 10.6 Å². The van der Waals surface area contributed by atoms with E-state index in [9.17, 15) is 4.79 Å². The van der Waals surface area contributed by atoms with Crippen molar-refractivity contribution in [2.45, 2.75) is 20.0 Å². The summed E-state index contributed by atoms with van der Waals surface area (Å²) in [6.45, 7) is 4.96. The molecular formula is C12H18N2O2. The molecule has 1 aromatic rings. The molecule has 0 radical (unpaired) electrons. The Bertz CT molecular complexity index is 312. The predicted octanol–water partition coefficient (Wildman–Crippen LogP) is 2.23. The molecule has 0 aromatic heterocycles. The van der Waals surface area contributed by atoms with Gasteiger partial charge in [0, 0.05) is 12.2 Å². The molecule has 88 valence electrons. The third-order valence-corrected chi connectivity index (χ3v) is 1.87. The molecule has 0 unspecified atom stereocenters. The fraction of sp³-hybridized carbons (Fsp3) is 0.417. The largest absolute Gasteiger partial charge is 0.377 e. The van der Waals surface area contributed by atoms with Gasteiger partial charge in [-0.05, 0) is 26.0 Å². The van der Waals surface area contributed by atoms with Gasteiger partial charge in [-0.25, -0.2) is 4.79 Å². The maximum absolute atomic E-state index is 11.4. The Labute approximate surface area is 96.0 Å². The molecule has 0 bridgehead atoms. The Morgan fingerprint density at radius 1 is 1.31 bits per heavy atom. The number of para-hydroxylation sites is 1. The highest BCUT2D eigenvalue weighted by Crippen LogP contribution is 2.03. The summed E-state index contributed by atoms with van der Waals surface area (Å²) in [5.41, 5.74) is 0.782. The predicted molar refractivity (Wildman–Crippen MR) is 64.6 cm³/mol. The molecule has 0 saturated heterocycles. The second kappa shape index (κ2) is 6.85. The monoisotopic (exact) mass is 222 g/mol. The van der Waals surface area contributed by atoms with E-state index >= 15 is 0 Å². The molecular weight excluding hydrogens is 204 g/mol. The Morgan fingerprint density at radius 3 is 2.62 bits per heavy atom. The molecule has 4 heteroatoms. The molecule has 1 rings (SSSR count). The van der Waals surface area contributed by atoms with Crippen LogP contribution in [0.25, 0.3) is 0 Å². The third kappa shape index (κ3) is 5.36. The van der Waals surface area contributed by atoms with Gasteiger partial charge in [0.1, 0.15) is 0 Å². The summed E-state index contributed by atoms with van der Waals surface area (Å²) >= 11 is 0. The summed E-state index contributed by atoms with van der Waals surface area (Å²) in [5, 5.41) is 5.44. The summed E-state index contributed by atoms with van der Waals surface area (Å²) in [6.07, 6.45) is 0.194. The molecule has 0 aliphatic heterocycles. The lowest BCUT2D eigenvalue weighted by molar-refractivity contribution is 0.0820. The number of hydrogen-bond acceptors (Lipinski definition) is 2. The second-order valence-electron chi connectivity index (χ2n) is 3.67. The zero-order valence-electron chi connectivity index (χ0n) is 9.69. The van der Waals surface area contributed by atoms with Gasteiger partial charge in [0.15, 0.2) is 0 Å². The standard InChI is InChI=1S/C12H18N2O2/c1-10(2)16-9-8-13-12(15)14-11-6-4-3-5-7-11/h3-7,10H,8-9H2,1-2H3,(H2,13,14,15). The van der Waals surface area contributed by atoms with Gasteiger partial charge in [-0.1, -0.05) is 18.2 Å². The number of carbonyl (C=O) groups is 1. The highest BCUT2D eigenvalue weighted by molar-refractivity contribution is 5.89. The zero-order chi connectivity index (χ0) is 11.8. The van der Waals surface area contributed by atoms with Crippen LogP contribution >= 0.6 is 0 Å². The van der Waals surface area contributed by atoms with E-state index in [0.717, 1.165) is 5.69 Å². The number of anilines is 1. The van der Waals surface area contributed by atoms with Crippen LogP contribution in [0.4, 0.5) is 10.5 Å². The quantitative estimate of drug-likeness (QED) is 0.751. The second-order valence-corrected chi connectivity index (χ2v) is 3.67. The number of ether oxygens (including phenoxy) is 1. The van der Waals surface area contributed by atoms with E-state index in [1.807, 2.05) is 44.2 Å². The average Bonchev–Trinajstić information content (AvgIpc) is 2.25. The maximum Gasteiger partial charge on any atom is 0.319 e. The lowest BCUT2D eigenvalue weighted by atomic mass is 10.3. The van der Waals surface area contributed by atoms with Gasteiger partial charge >= 0.3 is 6.03 Å². The number of nitrogens with one attached hydrogen (secondary N) is 2. The normalized spacial score (nSPS) is 10.2. The van der Waals surface area contributed by atoms with Crippen LogP contribution in [0.1, 0.15) is 13.8 Å². The number of rotatable bonds is 5. The van der Waals surface area contributed by atoms with Gasteiger partial charge in [-0.2, -0.15) is 0 Å². The van der Waals surface area contributed by atoms with Gasteiger partial charge in [0.25, 0.3) is 0 Å². The Kier molecular flexibility index (Phi) is 5.36. The van der Waals surface area contributed by atoms with Crippen LogP contribution in [0, 0.1) is 0 Å². The maximum atomic E-state index is 11.4. The van der Waals surface area contributed by atoms with E-state index < -0.39 is 0 Å². The molecule has 16 heavy (non-hydrogen) atoms. The molecule has 0 atom stereocenters. The molecule has 2 amide bonds. The topological polar surface area (TPSA) is 50.4 Å². The number of urea groups is 1. The van der Waals surface area contributed by atoms with Crippen LogP contribution in [0.2, 0.25) is 0 Å². The van der Waals surface area contributed by atoms with Crippen molar-refractivity contribution in [2.24, 2.45) is 0 Å². The van der Waals surface area contributed by atoms with Crippen molar-refractivity contribution < 1.29 is 9.53 Å². The first kappa shape index (κ1) is 12.5. The minimum Gasteiger partial charge on any atom is -0.377 e. The molecule has 0 aliphatic rings. The summed E-state index contributed by atoms with van der Waals surface area (Å²) in [7, 11) is 0. The van der Waals surface area contributed by atoms with Crippen molar-refractivity contribution >= 4 is 11.7 Å². The van der Waals surface area contributed by atoms with E-state index in [1.54, 1.807) is 0 Å². The van der Waals surface area contributed by atoms with E-state index in [4.69, 9.17) is 4.74 Å². The van der Waals surface area contributed by atoms with Crippen molar-refractivity contribution in [3.05, 3.63) is 30.3 Å². The minimum atomic E-state index is -0.210. The van der Waals surface area contributed by atoms with Crippen molar-refractivity contribution in [1.82, 2.24) is 5.32 Å². The van der Waals surface area contributed by atoms with Gasteiger partial charge < -0.3 is 15.4 Å². The smallest absolute Gasteiger partial charge is 0.319 e. The summed E-state index contributed by atoms with van der Waals surface area (Å²) in [4.78, 5) is 11.4. The molecule has 0 saturated carbocycles. The summed E-state index contributed by atoms with van der Waals surface area (Å²) in [6, 6.07) is 9.11. The van der Waals surface area contributed by atoms with Crippen molar-refractivity contribution in [1.29, 1.82) is 0 Å². The fourth-order valence-corrected chi connectivity index (χ4v) is 1.16. The fourth-order valence-electron chi connectivity index (χ4n) is 1.16. The number of carbonyl (C=O) groups excluding carboxylic acids is 1. The van der Waals surface area contributed by atoms with E-state index in [-0.39, 0.29) is 12.1 Å². The van der Waals surface area contributed by atoms with E-state index in [1.165, 1.54) is 0 Å². The van der Waals surface area contributed by atoms with Crippen LogP contribution in [-0.2, 0) is 4.74 Å². The first-order chi connectivity index (χ1) is 7.68. The molecule has 1 aromatic carbocycles.